The Hall–Kier alpha value is -2.90. The maximum absolute atomic E-state index is 12.7. The van der Waals surface area contributed by atoms with E-state index in [4.69, 9.17) is 16.0 Å². The smallest absolute Gasteiger partial charge is 0.236 e. The van der Waals surface area contributed by atoms with E-state index in [9.17, 15) is 4.79 Å². The van der Waals surface area contributed by atoms with Gasteiger partial charge in [0.15, 0.2) is 0 Å². The molecule has 156 valence electrons. The number of furan rings is 1. The Labute approximate surface area is 180 Å². The van der Waals surface area contributed by atoms with Gasteiger partial charge in [-0.3, -0.25) is 9.69 Å². The molecule has 1 aliphatic rings. The van der Waals surface area contributed by atoms with Crippen LogP contribution in [0.15, 0.2) is 59.3 Å². The standard InChI is InChI=1S/C22H24ClN5O2/c1-26(15-19-7-8-20(30-19)17-3-5-18(23)6-4-17)21(29)16-27-11-13-28(14-12-27)22-24-9-2-10-25-22/h2-10H,11-16H2,1H3. The number of amides is 1. The minimum Gasteiger partial charge on any atom is -0.459 e. The average Bonchev–Trinajstić information content (AvgIpc) is 3.24. The van der Waals surface area contributed by atoms with Gasteiger partial charge < -0.3 is 14.2 Å². The maximum Gasteiger partial charge on any atom is 0.236 e. The Morgan fingerprint density at radius 2 is 1.77 bits per heavy atom. The number of carbonyl (C=O) groups is 1. The Balaban J connectivity index is 1.27. The number of benzene rings is 1. The summed E-state index contributed by atoms with van der Waals surface area (Å²) in [6.45, 7) is 4.06. The summed E-state index contributed by atoms with van der Waals surface area (Å²) in [5.41, 5.74) is 0.958. The molecule has 8 heteroatoms. The van der Waals surface area contributed by atoms with Gasteiger partial charge in [-0.2, -0.15) is 0 Å². The van der Waals surface area contributed by atoms with E-state index in [0.29, 0.717) is 18.1 Å². The molecule has 0 spiro atoms. The number of halogens is 1. The lowest BCUT2D eigenvalue weighted by molar-refractivity contribution is -0.131. The summed E-state index contributed by atoms with van der Waals surface area (Å²) in [5, 5.41) is 0.688. The molecule has 3 heterocycles. The van der Waals surface area contributed by atoms with Crippen molar-refractivity contribution in [2.45, 2.75) is 6.54 Å². The second-order valence-electron chi connectivity index (χ2n) is 7.33. The van der Waals surface area contributed by atoms with E-state index in [-0.39, 0.29) is 5.91 Å². The molecule has 1 aliphatic heterocycles. The molecule has 0 aliphatic carbocycles. The molecule has 1 amide bonds. The first-order valence-electron chi connectivity index (χ1n) is 9.91. The number of likely N-dealkylation sites (N-methyl/N-ethyl adjacent to an activating group) is 1. The highest BCUT2D eigenvalue weighted by atomic mass is 35.5. The van der Waals surface area contributed by atoms with Crippen LogP contribution in [0.1, 0.15) is 5.76 Å². The molecule has 0 radical (unpaired) electrons. The van der Waals surface area contributed by atoms with Crippen molar-refractivity contribution in [2.75, 3.05) is 44.7 Å². The molecule has 0 saturated carbocycles. The number of anilines is 1. The number of hydrogen-bond donors (Lipinski definition) is 0. The van der Waals surface area contributed by atoms with Crippen LogP contribution >= 0.6 is 11.6 Å². The van der Waals surface area contributed by atoms with E-state index in [1.807, 2.05) is 42.5 Å². The Kier molecular flexibility index (Phi) is 6.30. The molecule has 4 rings (SSSR count). The van der Waals surface area contributed by atoms with Crippen molar-refractivity contribution >= 4 is 23.5 Å². The summed E-state index contributed by atoms with van der Waals surface area (Å²) >= 11 is 5.94. The maximum atomic E-state index is 12.7. The van der Waals surface area contributed by atoms with Gasteiger partial charge in [-0.15, -0.1) is 0 Å². The van der Waals surface area contributed by atoms with E-state index in [0.717, 1.165) is 49.2 Å². The zero-order valence-electron chi connectivity index (χ0n) is 16.9. The second-order valence-corrected chi connectivity index (χ2v) is 7.77. The van der Waals surface area contributed by atoms with E-state index in [1.165, 1.54) is 0 Å². The van der Waals surface area contributed by atoms with Crippen molar-refractivity contribution in [3.05, 3.63) is 65.6 Å². The minimum atomic E-state index is 0.0730. The van der Waals surface area contributed by atoms with E-state index in [1.54, 1.807) is 24.3 Å². The van der Waals surface area contributed by atoms with Crippen molar-refractivity contribution in [3.8, 4) is 11.3 Å². The summed E-state index contributed by atoms with van der Waals surface area (Å²) in [5.74, 6) is 2.34. The van der Waals surface area contributed by atoms with Gasteiger partial charge in [-0.1, -0.05) is 11.6 Å². The molecule has 1 aromatic carbocycles. The number of rotatable bonds is 6. The van der Waals surface area contributed by atoms with Crippen LogP contribution in [0, 0.1) is 0 Å². The monoisotopic (exact) mass is 425 g/mol. The normalized spacial score (nSPS) is 14.7. The largest absolute Gasteiger partial charge is 0.459 e. The lowest BCUT2D eigenvalue weighted by Crippen LogP contribution is -2.50. The van der Waals surface area contributed by atoms with Crippen molar-refractivity contribution in [1.29, 1.82) is 0 Å². The van der Waals surface area contributed by atoms with E-state index >= 15 is 0 Å². The predicted octanol–water partition coefficient (Wildman–Crippen LogP) is 3.17. The quantitative estimate of drug-likeness (QED) is 0.604. The van der Waals surface area contributed by atoms with Crippen molar-refractivity contribution < 1.29 is 9.21 Å². The Morgan fingerprint density at radius 1 is 1.07 bits per heavy atom. The van der Waals surface area contributed by atoms with Crippen molar-refractivity contribution in [1.82, 2.24) is 19.8 Å². The second kappa shape index (κ2) is 9.28. The first-order valence-corrected chi connectivity index (χ1v) is 10.3. The molecular weight excluding hydrogens is 402 g/mol. The van der Waals surface area contributed by atoms with Crippen LogP contribution in [-0.2, 0) is 11.3 Å². The van der Waals surface area contributed by atoms with Crippen LogP contribution < -0.4 is 4.90 Å². The highest BCUT2D eigenvalue weighted by Gasteiger charge is 2.22. The number of aromatic nitrogens is 2. The van der Waals surface area contributed by atoms with Crippen LogP contribution in [0.2, 0.25) is 5.02 Å². The summed E-state index contributed by atoms with van der Waals surface area (Å²) in [4.78, 5) is 27.3. The van der Waals surface area contributed by atoms with Crippen molar-refractivity contribution in [2.24, 2.45) is 0 Å². The molecule has 0 unspecified atom stereocenters. The SMILES string of the molecule is CN(Cc1ccc(-c2ccc(Cl)cc2)o1)C(=O)CN1CCN(c2ncccn2)CC1. The van der Waals surface area contributed by atoms with Crippen LogP contribution in [0.25, 0.3) is 11.3 Å². The van der Waals surface area contributed by atoms with Crippen LogP contribution in [0.3, 0.4) is 0 Å². The molecule has 0 bridgehead atoms. The molecule has 30 heavy (non-hydrogen) atoms. The zero-order chi connectivity index (χ0) is 20.9. The fraction of sp³-hybridized carbons (Fsp3) is 0.318. The number of nitrogens with zero attached hydrogens (tertiary/aromatic N) is 5. The van der Waals surface area contributed by atoms with E-state index in [2.05, 4.69) is 19.8 Å². The average molecular weight is 426 g/mol. The van der Waals surface area contributed by atoms with Crippen LogP contribution in [0.5, 0.6) is 0 Å². The first-order chi connectivity index (χ1) is 14.6. The fourth-order valence-electron chi connectivity index (χ4n) is 3.43. The van der Waals surface area contributed by atoms with Crippen LogP contribution in [0.4, 0.5) is 5.95 Å². The molecule has 2 aromatic heterocycles. The van der Waals surface area contributed by atoms with Crippen molar-refractivity contribution in [3.63, 3.8) is 0 Å². The Morgan fingerprint density at radius 3 is 2.47 bits per heavy atom. The highest BCUT2D eigenvalue weighted by molar-refractivity contribution is 6.30. The molecule has 1 fully saturated rings. The highest BCUT2D eigenvalue weighted by Crippen LogP contribution is 2.24. The summed E-state index contributed by atoms with van der Waals surface area (Å²) in [6.07, 6.45) is 3.50. The van der Waals surface area contributed by atoms with Gasteiger partial charge >= 0.3 is 0 Å². The molecule has 0 N–H and O–H groups in total. The van der Waals surface area contributed by atoms with E-state index < -0.39 is 0 Å². The fourth-order valence-corrected chi connectivity index (χ4v) is 3.55. The third-order valence-electron chi connectivity index (χ3n) is 5.18. The zero-order valence-corrected chi connectivity index (χ0v) is 17.6. The first kappa shape index (κ1) is 20.4. The van der Waals surface area contributed by atoms with Gasteiger partial charge in [0.1, 0.15) is 11.5 Å². The lowest BCUT2D eigenvalue weighted by atomic mass is 10.2. The number of piperazine rings is 1. The third kappa shape index (κ3) is 4.98. The van der Waals surface area contributed by atoms with Gasteiger partial charge in [0.25, 0.3) is 0 Å². The topological polar surface area (TPSA) is 65.7 Å². The Bertz CT molecular complexity index is 969. The van der Waals surface area contributed by atoms with Gasteiger partial charge in [0, 0.05) is 56.2 Å². The molecule has 3 aromatic rings. The van der Waals surface area contributed by atoms with Gasteiger partial charge in [0.2, 0.25) is 11.9 Å². The predicted molar refractivity (Wildman–Crippen MR) is 116 cm³/mol. The number of hydrogen-bond acceptors (Lipinski definition) is 6. The summed E-state index contributed by atoms with van der Waals surface area (Å²) in [6, 6.07) is 13.1. The number of carbonyl (C=O) groups excluding carboxylic acids is 1. The molecule has 0 atom stereocenters. The minimum absolute atomic E-state index is 0.0730. The van der Waals surface area contributed by atoms with Gasteiger partial charge in [-0.25, -0.2) is 9.97 Å². The van der Waals surface area contributed by atoms with Gasteiger partial charge in [0.05, 0.1) is 13.1 Å². The summed E-state index contributed by atoms with van der Waals surface area (Å²) in [7, 11) is 1.81. The molecule has 1 saturated heterocycles. The third-order valence-corrected chi connectivity index (χ3v) is 5.43. The molecular formula is C22H24ClN5O2. The molecule has 7 nitrogen and oxygen atoms in total. The van der Waals surface area contributed by atoms with Crippen LogP contribution in [-0.4, -0.2) is 65.4 Å². The lowest BCUT2D eigenvalue weighted by Gasteiger charge is -2.34. The van der Waals surface area contributed by atoms with Gasteiger partial charge in [-0.05, 0) is 42.5 Å². The summed E-state index contributed by atoms with van der Waals surface area (Å²) < 4.78 is 5.91.